The summed E-state index contributed by atoms with van der Waals surface area (Å²) in [4.78, 5) is 2.23. The predicted octanol–water partition coefficient (Wildman–Crippen LogP) is 4.03. The van der Waals surface area contributed by atoms with E-state index < -0.39 is 0 Å². The summed E-state index contributed by atoms with van der Waals surface area (Å²) in [6.07, 6.45) is 1.53. The number of benzene rings is 1. The van der Waals surface area contributed by atoms with Crippen molar-refractivity contribution in [2.75, 3.05) is 7.05 Å². The standard InChI is InChI=1S/C14H19ClN2/c1-4-12(9-10-16)17(3)11(2)13-7-5-6-8-14(13)15/h5-8,11-12H,4,9H2,1-3H3. The van der Waals surface area contributed by atoms with Crippen LogP contribution in [0.3, 0.4) is 0 Å². The van der Waals surface area contributed by atoms with Crippen LogP contribution >= 0.6 is 11.6 Å². The minimum atomic E-state index is 0.224. The second kappa shape index (κ2) is 6.64. The zero-order valence-electron chi connectivity index (χ0n) is 10.7. The first kappa shape index (κ1) is 14.0. The molecule has 0 aliphatic heterocycles. The fraction of sp³-hybridized carbons (Fsp3) is 0.500. The summed E-state index contributed by atoms with van der Waals surface area (Å²) in [6.45, 7) is 4.24. The van der Waals surface area contributed by atoms with Crippen molar-refractivity contribution in [3.8, 4) is 6.07 Å². The van der Waals surface area contributed by atoms with E-state index >= 15 is 0 Å². The number of rotatable bonds is 5. The van der Waals surface area contributed by atoms with Gasteiger partial charge in [-0.25, -0.2) is 0 Å². The molecule has 1 rings (SSSR count). The van der Waals surface area contributed by atoms with Crippen LogP contribution < -0.4 is 0 Å². The van der Waals surface area contributed by atoms with E-state index in [0.29, 0.717) is 6.42 Å². The largest absolute Gasteiger partial charge is 0.296 e. The number of nitrogens with zero attached hydrogens (tertiary/aromatic N) is 2. The molecule has 2 atom stereocenters. The molecule has 0 saturated heterocycles. The average molecular weight is 251 g/mol. The quantitative estimate of drug-likeness (QED) is 0.789. The van der Waals surface area contributed by atoms with Crippen molar-refractivity contribution in [1.29, 1.82) is 5.26 Å². The third-order valence-electron chi connectivity index (χ3n) is 3.34. The van der Waals surface area contributed by atoms with Crippen molar-refractivity contribution in [3.05, 3.63) is 34.9 Å². The molecule has 0 fully saturated rings. The Hall–Kier alpha value is -1.04. The van der Waals surface area contributed by atoms with Crippen LogP contribution in [0.15, 0.2) is 24.3 Å². The third kappa shape index (κ3) is 3.46. The van der Waals surface area contributed by atoms with Crippen LogP contribution in [0.5, 0.6) is 0 Å². The molecule has 0 spiro atoms. The second-order valence-electron chi connectivity index (χ2n) is 4.29. The van der Waals surface area contributed by atoms with Gasteiger partial charge in [-0.15, -0.1) is 0 Å². The van der Waals surface area contributed by atoms with Crippen LogP contribution in [0.1, 0.15) is 38.3 Å². The van der Waals surface area contributed by atoms with E-state index in [1.165, 1.54) is 0 Å². The van der Waals surface area contributed by atoms with Crippen LogP contribution in [0.2, 0.25) is 5.02 Å². The van der Waals surface area contributed by atoms with Gasteiger partial charge in [-0.2, -0.15) is 5.26 Å². The summed E-state index contributed by atoms with van der Waals surface area (Å²) >= 11 is 6.20. The number of hydrogen-bond acceptors (Lipinski definition) is 2. The normalized spacial score (nSPS) is 14.4. The summed E-state index contributed by atoms with van der Waals surface area (Å²) in [5, 5.41) is 9.61. The smallest absolute Gasteiger partial charge is 0.0638 e. The van der Waals surface area contributed by atoms with Gasteiger partial charge in [0.15, 0.2) is 0 Å². The van der Waals surface area contributed by atoms with E-state index in [4.69, 9.17) is 16.9 Å². The Morgan fingerprint density at radius 1 is 1.41 bits per heavy atom. The molecule has 17 heavy (non-hydrogen) atoms. The van der Waals surface area contributed by atoms with Crippen LogP contribution in [0.25, 0.3) is 0 Å². The SMILES string of the molecule is CCC(CC#N)N(C)C(C)c1ccccc1Cl. The minimum absolute atomic E-state index is 0.224. The van der Waals surface area contributed by atoms with Gasteiger partial charge >= 0.3 is 0 Å². The molecule has 0 bridgehead atoms. The molecule has 0 aliphatic carbocycles. The highest BCUT2D eigenvalue weighted by Crippen LogP contribution is 2.28. The Bertz CT molecular complexity index is 397. The van der Waals surface area contributed by atoms with E-state index in [1.807, 2.05) is 24.3 Å². The van der Waals surface area contributed by atoms with E-state index in [0.717, 1.165) is 17.0 Å². The number of nitriles is 1. The topological polar surface area (TPSA) is 27.0 Å². The van der Waals surface area contributed by atoms with Gasteiger partial charge in [0.2, 0.25) is 0 Å². The van der Waals surface area contributed by atoms with Crippen molar-refractivity contribution in [1.82, 2.24) is 4.90 Å². The zero-order chi connectivity index (χ0) is 12.8. The number of hydrogen-bond donors (Lipinski definition) is 0. The lowest BCUT2D eigenvalue weighted by Gasteiger charge is -2.32. The minimum Gasteiger partial charge on any atom is -0.296 e. The molecular formula is C14H19ClN2. The fourth-order valence-electron chi connectivity index (χ4n) is 2.03. The van der Waals surface area contributed by atoms with E-state index in [9.17, 15) is 0 Å². The average Bonchev–Trinajstić information content (AvgIpc) is 2.35. The Morgan fingerprint density at radius 3 is 2.59 bits per heavy atom. The van der Waals surface area contributed by atoms with Gasteiger partial charge in [0.25, 0.3) is 0 Å². The Morgan fingerprint density at radius 2 is 2.06 bits per heavy atom. The monoisotopic (exact) mass is 250 g/mol. The van der Waals surface area contributed by atoms with Gasteiger partial charge in [0.05, 0.1) is 12.5 Å². The first-order chi connectivity index (χ1) is 8.11. The predicted molar refractivity (Wildman–Crippen MR) is 71.9 cm³/mol. The second-order valence-corrected chi connectivity index (χ2v) is 4.69. The van der Waals surface area contributed by atoms with E-state index in [1.54, 1.807) is 0 Å². The first-order valence-corrected chi connectivity index (χ1v) is 6.32. The van der Waals surface area contributed by atoms with E-state index in [-0.39, 0.29) is 12.1 Å². The molecule has 1 aromatic carbocycles. The summed E-state index contributed by atoms with van der Waals surface area (Å²) in [7, 11) is 2.06. The van der Waals surface area contributed by atoms with Gasteiger partial charge in [-0.3, -0.25) is 4.90 Å². The highest BCUT2D eigenvalue weighted by Gasteiger charge is 2.20. The lowest BCUT2D eigenvalue weighted by atomic mass is 10.0. The highest BCUT2D eigenvalue weighted by atomic mass is 35.5. The summed E-state index contributed by atoms with van der Waals surface area (Å²) in [5.74, 6) is 0. The Kier molecular flexibility index (Phi) is 5.47. The molecule has 0 N–H and O–H groups in total. The summed E-state index contributed by atoms with van der Waals surface area (Å²) in [5.41, 5.74) is 1.12. The molecule has 1 aromatic rings. The highest BCUT2D eigenvalue weighted by molar-refractivity contribution is 6.31. The van der Waals surface area contributed by atoms with Crippen LogP contribution in [-0.2, 0) is 0 Å². The summed E-state index contributed by atoms with van der Waals surface area (Å²) in [6, 6.07) is 10.6. The third-order valence-corrected chi connectivity index (χ3v) is 3.68. The molecular weight excluding hydrogens is 232 g/mol. The maximum Gasteiger partial charge on any atom is 0.0638 e. The lowest BCUT2D eigenvalue weighted by Crippen LogP contribution is -2.33. The first-order valence-electron chi connectivity index (χ1n) is 5.95. The van der Waals surface area contributed by atoms with Gasteiger partial charge in [0.1, 0.15) is 0 Å². The van der Waals surface area contributed by atoms with Crippen molar-refractivity contribution in [2.45, 2.75) is 38.8 Å². The van der Waals surface area contributed by atoms with Crippen molar-refractivity contribution < 1.29 is 0 Å². The fourth-order valence-corrected chi connectivity index (χ4v) is 2.32. The van der Waals surface area contributed by atoms with Crippen LogP contribution in [0.4, 0.5) is 0 Å². The maximum atomic E-state index is 8.82. The molecule has 3 heteroatoms. The lowest BCUT2D eigenvalue weighted by molar-refractivity contribution is 0.182. The van der Waals surface area contributed by atoms with E-state index in [2.05, 4.69) is 31.9 Å². The van der Waals surface area contributed by atoms with Crippen molar-refractivity contribution in [2.24, 2.45) is 0 Å². The molecule has 2 unspecified atom stereocenters. The Labute approximate surface area is 109 Å². The maximum absolute atomic E-state index is 8.82. The summed E-state index contributed by atoms with van der Waals surface area (Å²) < 4.78 is 0. The van der Waals surface area contributed by atoms with Gasteiger partial charge in [-0.05, 0) is 32.0 Å². The molecule has 92 valence electrons. The molecule has 0 radical (unpaired) electrons. The molecule has 0 saturated carbocycles. The van der Waals surface area contributed by atoms with Gasteiger partial charge < -0.3 is 0 Å². The molecule has 0 aromatic heterocycles. The van der Waals surface area contributed by atoms with Gasteiger partial charge in [0, 0.05) is 17.1 Å². The van der Waals surface area contributed by atoms with Crippen molar-refractivity contribution in [3.63, 3.8) is 0 Å². The molecule has 0 aliphatic rings. The van der Waals surface area contributed by atoms with Crippen LogP contribution in [-0.4, -0.2) is 18.0 Å². The molecule has 0 heterocycles. The van der Waals surface area contributed by atoms with Crippen LogP contribution in [0, 0.1) is 11.3 Å². The molecule has 0 amide bonds. The van der Waals surface area contributed by atoms with Crippen molar-refractivity contribution >= 4 is 11.6 Å². The number of halogens is 1. The molecule has 2 nitrogen and oxygen atoms in total. The van der Waals surface area contributed by atoms with Gasteiger partial charge in [-0.1, -0.05) is 36.7 Å². The Balaban J connectivity index is 2.86. The zero-order valence-corrected chi connectivity index (χ0v) is 11.4.